The van der Waals surface area contributed by atoms with Crippen molar-refractivity contribution < 1.29 is 28.3 Å². The van der Waals surface area contributed by atoms with E-state index in [0.29, 0.717) is 11.1 Å². The van der Waals surface area contributed by atoms with Gasteiger partial charge in [0, 0.05) is 13.0 Å². The van der Waals surface area contributed by atoms with Crippen LogP contribution in [0.15, 0.2) is 27.4 Å². The Morgan fingerprint density at radius 1 is 1.31 bits per heavy atom. The SMILES string of the molecule is CC(C)(C)OC(=O)NCCOCC#Cc1cccc2c1oc(=O)n2C1CCC(=O)NC1=O. The minimum absolute atomic E-state index is 0.102. The van der Waals surface area contributed by atoms with Crippen LogP contribution in [-0.4, -0.2) is 47.8 Å². The number of hydrogen-bond acceptors (Lipinski definition) is 7. The van der Waals surface area contributed by atoms with Gasteiger partial charge in [0.25, 0.3) is 0 Å². The second-order valence-corrected chi connectivity index (χ2v) is 8.14. The molecule has 0 radical (unpaired) electrons. The largest absolute Gasteiger partial charge is 0.444 e. The first-order valence-electron chi connectivity index (χ1n) is 10.2. The quantitative estimate of drug-likeness (QED) is 0.407. The predicted octanol–water partition coefficient (Wildman–Crippen LogP) is 1.46. The topological polar surface area (TPSA) is 129 Å². The molecule has 1 unspecified atom stereocenters. The molecule has 0 aliphatic carbocycles. The molecular weight excluding hydrogens is 418 g/mol. The van der Waals surface area contributed by atoms with Crippen molar-refractivity contribution in [2.24, 2.45) is 0 Å². The standard InChI is InChI=1S/C22H25N3O7/c1-22(2,3)32-20(28)23-11-13-30-12-5-7-14-6-4-8-15-18(14)31-21(29)25(15)16-9-10-17(26)24-19(16)27/h4,6,8,16H,9-13H2,1-3H3,(H,23,28)(H,24,26,27). The molecule has 2 N–H and O–H groups in total. The van der Waals surface area contributed by atoms with Crippen LogP contribution in [0, 0.1) is 11.8 Å². The molecule has 170 valence electrons. The maximum absolute atomic E-state index is 12.4. The minimum Gasteiger partial charge on any atom is -0.444 e. The van der Waals surface area contributed by atoms with Crippen molar-refractivity contribution >= 4 is 29.0 Å². The van der Waals surface area contributed by atoms with E-state index < -0.39 is 29.4 Å². The molecule has 2 heterocycles. The number of para-hydroxylation sites is 1. The zero-order valence-corrected chi connectivity index (χ0v) is 18.1. The van der Waals surface area contributed by atoms with E-state index in [2.05, 4.69) is 22.5 Å². The average Bonchev–Trinajstić information content (AvgIpc) is 3.02. The van der Waals surface area contributed by atoms with E-state index in [4.69, 9.17) is 13.9 Å². The van der Waals surface area contributed by atoms with Crippen molar-refractivity contribution in [3.8, 4) is 11.8 Å². The highest BCUT2D eigenvalue weighted by Crippen LogP contribution is 2.24. The van der Waals surface area contributed by atoms with Gasteiger partial charge in [-0.2, -0.15) is 0 Å². The first-order chi connectivity index (χ1) is 15.2. The maximum Gasteiger partial charge on any atom is 0.420 e. The fourth-order valence-electron chi connectivity index (χ4n) is 3.17. The Morgan fingerprint density at radius 3 is 2.81 bits per heavy atom. The van der Waals surface area contributed by atoms with Gasteiger partial charge in [0.1, 0.15) is 18.2 Å². The molecule has 1 aromatic carbocycles. The summed E-state index contributed by atoms with van der Waals surface area (Å²) in [5.41, 5.74) is 0.602. The van der Waals surface area contributed by atoms with E-state index in [0.717, 1.165) is 0 Å². The first kappa shape index (κ1) is 23.1. The number of ether oxygens (including phenoxy) is 2. The Labute approximate surface area is 184 Å². The number of carbonyl (C=O) groups is 3. The summed E-state index contributed by atoms with van der Waals surface area (Å²) in [5.74, 6) is 4.14. The lowest BCUT2D eigenvalue weighted by molar-refractivity contribution is -0.135. The number of piperidine rings is 1. The minimum atomic E-state index is -0.814. The summed E-state index contributed by atoms with van der Waals surface area (Å²) in [6.07, 6.45) is -0.149. The van der Waals surface area contributed by atoms with Gasteiger partial charge in [-0.25, -0.2) is 9.59 Å². The predicted molar refractivity (Wildman–Crippen MR) is 114 cm³/mol. The number of alkyl carbamates (subject to hydrolysis) is 1. The summed E-state index contributed by atoms with van der Waals surface area (Å²) >= 11 is 0. The highest BCUT2D eigenvalue weighted by Gasteiger charge is 2.31. The van der Waals surface area contributed by atoms with Crippen molar-refractivity contribution in [3.05, 3.63) is 34.3 Å². The molecule has 1 aliphatic heterocycles. The molecule has 1 saturated heterocycles. The molecule has 3 rings (SSSR count). The molecule has 0 bridgehead atoms. The van der Waals surface area contributed by atoms with E-state index in [-0.39, 0.29) is 44.1 Å². The number of nitrogens with zero attached hydrogens (tertiary/aromatic N) is 1. The molecule has 1 fully saturated rings. The third-order valence-corrected chi connectivity index (χ3v) is 4.47. The first-order valence-corrected chi connectivity index (χ1v) is 10.2. The van der Waals surface area contributed by atoms with E-state index in [1.807, 2.05) is 0 Å². The van der Waals surface area contributed by atoms with Gasteiger partial charge < -0.3 is 19.2 Å². The fourth-order valence-corrected chi connectivity index (χ4v) is 3.17. The number of carbonyl (C=O) groups excluding carboxylic acids is 3. The van der Waals surface area contributed by atoms with Gasteiger partial charge in [-0.05, 0) is 39.3 Å². The van der Waals surface area contributed by atoms with Crippen molar-refractivity contribution in [1.29, 1.82) is 0 Å². The maximum atomic E-state index is 12.4. The molecule has 0 saturated carbocycles. The molecule has 1 aliphatic rings. The Balaban J connectivity index is 1.61. The molecule has 32 heavy (non-hydrogen) atoms. The van der Waals surface area contributed by atoms with Gasteiger partial charge >= 0.3 is 11.8 Å². The van der Waals surface area contributed by atoms with Crippen LogP contribution in [0.3, 0.4) is 0 Å². The van der Waals surface area contributed by atoms with Crippen LogP contribution in [0.2, 0.25) is 0 Å². The number of fused-ring (bicyclic) bond motifs is 1. The molecule has 2 aromatic rings. The number of amides is 3. The van der Waals surface area contributed by atoms with Crippen molar-refractivity contribution in [2.45, 2.75) is 45.3 Å². The molecule has 10 heteroatoms. The van der Waals surface area contributed by atoms with Crippen LogP contribution in [0.1, 0.15) is 45.2 Å². The van der Waals surface area contributed by atoms with E-state index >= 15 is 0 Å². The lowest BCUT2D eigenvalue weighted by Crippen LogP contribution is -2.43. The Hall–Kier alpha value is -3.58. The number of imide groups is 1. The highest BCUT2D eigenvalue weighted by atomic mass is 16.6. The summed E-state index contributed by atoms with van der Waals surface area (Å²) in [7, 11) is 0. The van der Waals surface area contributed by atoms with E-state index in [1.54, 1.807) is 39.0 Å². The summed E-state index contributed by atoms with van der Waals surface area (Å²) in [6, 6.07) is 4.24. The van der Waals surface area contributed by atoms with Crippen molar-refractivity contribution in [3.63, 3.8) is 0 Å². The Kier molecular flexibility index (Phi) is 7.00. The van der Waals surface area contributed by atoms with Gasteiger partial charge in [-0.15, -0.1) is 0 Å². The van der Waals surface area contributed by atoms with E-state index in [9.17, 15) is 19.2 Å². The number of rotatable bonds is 5. The second-order valence-electron chi connectivity index (χ2n) is 8.14. The molecule has 1 aromatic heterocycles. The molecule has 10 nitrogen and oxygen atoms in total. The van der Waals surface area contributed by atoms with Crippen LogP contribution in [0.25, 0.3) is 11.1 Å². The van der Waals surface area contributed by atoms with E-state index in [1.165, 1.54) is 4.57 Å². The number of benzene rings is 1. The molecular formula is C22H25N3O7. The molecule has 3 amide bonds. The monoisotopic (exact) mass is 443 g/mol. The lowest BCUT2D eigenvalue weighted by Gasteiger charge is -2.21. The number of hydrogen-bond donors (Lipinski definition) is 2. The van der Waals surface area contributed by atoms with Gasteiger partial charge in [-0.1, -0.05) is 17.9 Å². The number of aromatic nitrogens is 1. The summed E-state index contributed by atoms with van der Waals surface area (Å²) in [5, 5.41) is 4.82. The average molecular weight is 443 g/mol. The third-order valence-electron chi connectivity index (χ3n) is 4.47. The van der Waals surface area contributed by atoms with Crippen LogP contribution >= 0.6 is 0 Å². The highest BCUT2D eigenvalue weighted by molar-refractivity contribution is 6.00. The Bertz CT molecular complexity index is 1140. The fraction of sp³-hybridized carbons (Fsp3) is 0.455. The smallest absolute Gasteiger partial charge is 0.420 e. The van der Waals surface area contributed by atoms with Crippen LogP contribution in [-0.2, 0) is 19.1 Å². The second kappa shape index (κ2) is 9.70. The van der Waals surface area contributed by atoms with Gasteiger partial charge in [0.2, 0.25) is 11.8 Å². The van der Waals surface area contributed by atoms with Crippen molar-refractivity contribution in [2.75, 3.05) is 19.8 Å². The summed E-state index contributed by atoms with van der Waals surface area (Å²) < 4.78 is 17.1. The zero-order valence-electron chi connectivity index (χ0n) is 18.1. The summed E-state index contributed by atoms with van der Waals surface area (Å²) in [6.45, 7) is 5.96. The van der Waals surface area contributed by atoms with Crippen molar-refractivity contribution in [1.82, 2.24) is 15.2 Å². The van der Waals surface area contributed by atoms with Crippen LogP contribution < -0.4 is 16.4 Å². The van der Waals surface area contributed by atoms with Gasteiger partial charge in [0.15, 0.2) is 5.58 Å². The molecule has 1 atom stereocenters. The number of nitrogens with one attached hydrogen (secondary N) is 2. The third kappa shape index (κ3) is 5.76. The zero-order chi connectivity index (χ0) is 23.3. The molecule has 0 spiro atoms. The Morgan fingerprint density at radius 2 is 2.09 bits per heavy atom. The lowest BCUT2D eigenvalue weighted by atomic mass is 10.1. The van der Waals surface area contributed by atoms with Crippen LogP contribution in [0.5, 0.6) is 0 Å². The van der Waals surface area contributed by atoms with Gasteiger partial charge in [-0.3, -0.25) is 19.5 Å². The van der Waals surface area contributed by atoms with Gasteiger partial charge in [0.05, 0.1) is 17.7 Å². The number of oxazole rings is 1. The summed E-state index contributed by atoms with van der Waals surface area (Å²) in [4.78, 5) is 47.5. The van der Waals surface area contributed by atoms with Crippen LogP contribution in [0.4, 0.5) is 4.79 Å². The normalized spacial score (nSPS) is 16.3.